The van der Waals surface area contributed by atoms with Gasteiger partial charge in [-0.1, -0.05) is 85.2 Å². The molecule has 1 saturated heterocycles. The van der Waals surface area contributed by atoms with Gasteiger partial charge in [-0.3, -0.25) is 19.2 Å². The van der Waals surface area contributed by atoms with Crippen LogP contribution in [-0.4, -0.2) is 124 Å². The molecule has 1 heterocycles. The number of amides is 4. The van der Waals surface area contributed by atoms with E-state index in [2.05, 4.69) is 16.0 Å². The maximum atomic E-state index is 14.2. The third-order valence-corrected chi connectivity index (χ3v) is 10.8. The number of carbonyl (C=O) groups excluding carboxylic acids is 5. The van der Waals surface area contributed by atoms with Crippen molar-refractivity contribution < 1.29 is 38.2 Å². The Morgan fingerprint density at radius 3 is 2.02 bits per heavy atom. The van der Waals surface area contributed by atoms with Crippen molar-refractivity contribution in [2.24, 2.45) is 23.7 Å². The van der Waals surface area contributed by atoms with E-state index < -0.39 is 48.3 Å². The lowest BCUT2D eigenvalue weighted by Crippen LogP contribution is -2.59. The predicted octanol–water partition coefficient (Wildman–Crippen LogP) is 3.19. The summed E-state index contributed by atoms with van der Waals surface area (Å²) in [6.07, 6.45) is 1.08. The summed E-state index contributed by atoms with van der Waals surface area (Å²) in [5.41, 5.74) is 0.875. The van der Waals surface area contributed by atoms with Gasteiger partial charge in [-0.2, -0.15) is 0 Å². The van der Waals surface area contributed by atoms with Crippen molar-refractivity contribution in [2.75, 3.05) is 42.0 Å². The van der Waals surface area contributed by atoms with Crippen LogP contribution in [0.3, 0.4) is 0 Å². The van der Waals surface area contributed by atoms with Crippen molar-refractivity contribution in [1.82, 2.24) is 25.8 Å². The first kappa shape index (κ1) is 45.6. The van der Waals surface area contributed by atoms with Crippen LogP contribution in [0.4, 0.5) is 0 Å². The molecule has 2 rings (SSSR count). The molecule has 1 aromatic carbocycles. The Morgan fingerprint density at radius 1 is 0.887 bits per heavy atom. The smallest absolute Gasteiger partial charge is 0.328 e. The zero-order valence-corrected chi connectivity index (χ0v) is 34.1. The molecule has 0 bridgehead atoms. The van der Waals surface area contributed by atoms with E-state index in [1.807, 2.05) is 71.9 Å². The van der Waals surface area contributed by atoms with Gasteiger partial charge in [-0.25, -0.2) is 4.79 Å². The van der Waals surface area contributed by atoms with Crippen molar-refractivity contribution in [3.63, 3.8) is 0 Å². The molecule has 0 saturated carbocycles. The van der Waals surface area contributed by atoms with Crippen molar-refractivity contribution in [2.45, 2.75) is 123 Å². The Bertz CT molecular complexity index is 1330. The van der Waals surface area contributed by atoms with Crippen molar-refractivity contribution in [3.8, 4) is 0 Å². The van der Waals surface area contributed by atoms with Crippen molar-refractivity contribution in [3.05, 3.63) is 35.9 Å². The lowest BCUT2D eigenvalue weighted by atomic mass is 9.89. The average molecular weight is 746 g/mol. The van der Waals surface area contributed by atoms with Crippen LogP contribution in [0.15, 0.2) is 30.3 Å². The number of carbonyl (C=O) groups is 5. The van der Waals surface area contributed by atoms with Crippen LogP contribution in [0, 0.1) is 23.7 Å². The highest BCUT2D eigenvalue weighted by molar-refractivity contribution is 5.90. The summed E-state index contributed by atoms with van der Waals surface area (Å²) < 4.78 is 16.9. The molecule has 8 unspecified atom stereocenters. The highest BCUT2D eigenvalue weighted by Crippen LogP contribution is 2.30. The first-order valence-corrected chi connectivity index (χ1v) is 19.1. The van der Waals surface area contributed by atoms with E-state index in [0.717, 1.165) is 18.4 Å². The summed E-state index contributed by atoms with van der Waals surface area (Å²) >= 11 is 0. The molecule has 0 aliphatic carbocycles. The Morgan fingerprint density at radius 2 is 1.51 bits per heavy atom. The number of likely N-dealkylation sites (tertiary alicyclic amines) is 1. The second-order valence-corrected chi connectivity index (χ2v) is 15.1. The average Bonchev–Trinajstić information content (AvgIpc) is 3.62. The van der Waals surface area contributed by atoms with Gasteiger partial charge < -0.3 is 40.0 Å². The molecule has 9 atom stereocenters. The Balaban J connectivity index is 2.27. The van der Waals surface area contributed by atoms with Gasteiger partial charge in [0.25, 0.3) is 0 Å². The van der Waals surface area contributed by atoms with Gasteiger partial charge in [-0.05, 0) is 43.2 Å². The molecule has 0 radical (unpaired) electrons. The second kappa shape index (κ2) is 22.0. The second-order valence-electron chi connectivity index (χ2n) is 15.1. The van der Waals surface area contributed by atoms with E-state index in [1.165, 1.54) is 14.2 Å². The van der Waals surface area contributed by atoms with E-state index in [1.54, 1.807) is 37.9 Å². The maximum absolute atomic E-state index is 14.2. The number of hydrogen-bond acceptors (Lipinski definition) is 9. The zero-order chi connectivity index (χ0) is 40.0. The molecule has 13 heteroatoms. The lowest BCUT2D eigenvalue weighted by Gasteiger charge is -2.41. The summed E-state index contributed by atoms with van der Waals surface area (Å²) in [5, 5.41) is 8.88. The molecule has 0 spiro atoms. The van der Waals surface area contributed by atoms with Crippen molar-refractivity contribution >= 4 is 29.6 Å². The minimum absolute atomic E-state index is 0.00596. The standard InChI is InChI=1S/C40H67N5O8/c1-13-26(6)35(44(9)39(49)34(25(4)5)43-38(48)33(41-8)24(2)3)31(51-10)23-32(46)45-21-17-20-30(45)36(52-11)27(7)37(47)42-29(40(50)53-12)22-28-18-15-14-16-19-28/h14-16,18-19,24-27,29-31,33-36,41H,13,17,20-23H2,1-12H3,(H,42,47)(H,43,48)/t26?,27?,29?,30?,31?,33?,34-,35?,36?/m0/s1. The zero-order valence-electron chi connectivity index (χ0n) is 34.1. The van der Waals surface area contributed by atoms with Crippen LogP contribution in [0.5, 0.6) is 0 Å². The van der Waals surface area contributed by atoms with Crippen LogP contribution in [-0.2, 0) is 44.6 Å². The van der Waals surface area contributed by atoms with Crippen LogP contribution >= 0.6 is 0 Å². The number of methoxy groups -OCH3 is 3. The van der Waals surface area contributed by atoms with Crippen LogP contribution in [0.1, 0.15) is 79.7 Å². The van der Waals surface area contributed by atoms with Gasteiger partial charge >= 0.3 is 5.97 Å². The third-order valence-electron chi connectivity index (χ3n) is 10.8. The molecule has 53 heavy (non-hydrogen) atoms. The molecule has 4 amide bonds. The minimum atomic E-state index is -0.889. The van der Waals surface area contributed by atoms with E-state index in [9.17, 15) is 24.0 Å². The molecule has 300 valence electrons. The van der Waals surface area contributed by atoms with Crippen molar-refractivity contribution in [1.29, 1.82) is 0 Å². The number of benzene rings is 1. The SMILES string of the molecule is CCC(C)C(C(CC(=O)N1CCCC1C(OC)C(C)C(=O)NC(Cc1ccccc1)C(=O)OC)OC)N(C)C(=O)[C@@H](NC(=O)C(NC)C(C)C)C(C)C. The van der Waals surface area contributed by atoms with Gasteiger partial charge in [0, 0.05) is 34.2 Å². The molecule has 13 nitrogen and oxygen atoms in total. The van der Waals surface area contributed by atoms with E-state index in [-0.39, 0.29) is 60.3 Å². The molecule has 3 N–H and O–H groups in total. The summed E-state index contributed by atoms with van der Waals surface area (Å²) in [4.78, 5) is 71.2. The summed E-state index contributed by atoms with van der Waals surface area (Å²) in [5.74, 6) is -2.47. The topological polar surface area (TPSA) is 156 Å². The highest BCUT2D eigenvalue weighted by atomic mass is 16.5. The first-order valence-electron chi connectivity index (χ1n) is 19.1. The van der Waals surface area contributed by atoms with Gasteiger partial charge in [0.1, 0.15) is 12.1 Å². The molecule has 1 aromatic rings. The van der Waals surface area contributed by atoms with Gasteiger partial charge in [0.05, 0.1) is 49.8 Å². The number of ether oxygens (including phenoxy) is 3. The fraction of sp³-hybridized carbons (Fsp3) is 0.725. The van der Waals surface area contributed by atoms with Gasteiger partial charge in [0.2, 0.25) is 23.6 Å². The third kappa shape index (κ3) is 12.2. The van der Waals surface area contributed by atoms with Crippen LogP contribution in [0.25, 0.3) is 0 Å². The number of likely N-dealkylation sites (N-methyl/N-ethyl adjacent to an activating group) is 2. The lowest BCUT2D eigenvalue weighted by molar-refractivity contribution is -0.148. The molecule has 1 aliphatic heterocycles. The maximum Gasteiger partial charge on any atom is 0.328 e. The van der Waals surface area contributed by atoms with E-state index in [0.29, 0.717) is 13.0 Å². The fourth-order valence-corrected chi connectivity index (χ4v) is 7.54. The molecule has 1 fully saturated rings. The Kier molecular flexibility index (Phi) is 18.9. The van der Waals surface area contributed by atoms with Crippen LogP contribution < -0.4 is 16.0 Å². The van der Waals surface area contributed by atoms with Gasteiger partial charge in [-0.15, -0.1) is 0 Å². The quantitative estimate of drug-likeness (QED) is 0.161. The largest absolute Gasteiger partial charge is 0.467 e. The molecule has 0 aromatic heterocycles. The molecule has 1 aliphatic rings. The molecular formula is C40H67N5O8. The number of hydrogen-bond donors (Lipinski definition) is 3. The van der Waals surface area contributed by atoms with Crippen LogP contribution in [0.2, 0.25) is 0 Å². The van der Waals surface area contributed by atoms with E-state index >= 15 is 0 Å². The summed E-state index contributed by atoms with van der Waals surface area (Å²) in [7, 11) is 7.81. The number of nitrogens with zero attached hydrogens (tertiary/aromatic N) is 2. The Hall–Kier alpha value is -3.55. The van der Waals surface area contributed by atoms with E-state index in [4.69, 9.17) is 14.2 Å². The minimum Gasteiger partial charge on any atom is -0.467 e. The number of esters is 1. The first-order chi connectivity index (χ1) is 25.1. The predicted molar refractivity (Wildman–Crippen MR) is 205 cm³/mol. The number of rotatable bonds is 21. The molecular weight excluding hydrogens is 678 g/mol. The number of nitrogens with one attached hydrogen (secondary N) is 3. The summed E-state index contributed by atoms with van der Waals surface area (Å²) in [6.45, 7) is 14.0. The summed E-state index contributed by atoms with van der Waals surface area (Å²) in [6, 6.07) is 6.41. The fourth-order valence-electron chi connectivity index (χ4n) is 7.54. The normalized spacial score (nSPS) is 19.1. The Labute approximate surface area is 317 Å². The monoisotopic (exact) mass is 745 g/mol. The highest BCUT2D eigenvalue weighted by Gasteiger charge is 2.43. The van der Waals surface area contributed by atoms with Gasteiger partial charge in [0.15, 0.2) is 0 Å².